The van der Waals surface area contributed by atoms with E-state index in [2.05, 4.69) is 10.0 Å². The third-order valence-electron chi connectivity index (χ3n) is 3.09. The van der Waals surface area contributed by atoms with E-state index < -0.39 is 10.0 Å². The summed E-state index contributed by atoms with van der Waals surface area (Å²) >= 11 is 0. The Morgan fingerprint density at radius 1 is 1.19 bits per heavy atom. The van der Waals surface area contributed by atoms with E-state index in [1.165, 1.54) is 7.05 Å². The van der Waals surface area contributed by atoms with Gasteiger partial charge in [0.25, 0.3) is 0 Å². The number of aliphatic hydroxyl groups excluding tert-OH is 1. The van der Waals surface area contributed by atoms with Gasteiger partial charge in [0.05, 0.1) is 11.4 Å². The third-order valence-corrected chi connectivity index (χ3v) is 4.64. The van der Waals surface area contributed by atoms with Crippen LogP contribution in [-0.2, 0) is 23.2 Å². The first-order chi connectivity index (χ1) is 9.96. The van der Waals surface area contributed by atoms with Gasteiger partial charge in [-0.25, -0.2) is 13.1 Å². The Labute approximate surface area is 123 Å². The van der Waals surface area contributed by atoms with Crippen LogP contribution in [0.4, 0.5) is 5.69 Å². The molecule has 0 aliphatic heterocycles. The zero-order valence-corrected chi connectivity index (χ0v) is 12.7. The van der Waals surface area contributed by atoms with Crippen molar-refractivity contribution in [3.63, 3.8) is 0 Å². The predicted molar refractivity (Wildman–Crippen MR) is 79.4 cm³/mol. The molecule has 0 unspecified atom stereocenters. The van der Waals surface area contributed by atoms with Crippen molar-refractivity contribution in [2.24, 2.45) is 0 Å². The van der Waals surface area contributed by atoms with Crippen molar-refractivity contribution in [2.75, 3.05) is 12.4 Å². The first-order valence-corrected chi connectivity index (χ1v) is 7.91. The molecular weight excluding hydrogens is 292 g/mol. The molecule has 0 aliphatic rings. The van der Waals surface area contributed by atoms with E-state index in [4.69, 9.17) is 9.52 Å². The SMILES string of the molecule is CNS(=O)(=O)c1cc(NCc2ccc(CO)o2)ccc1C. The van der Waals surface area contributed by atoms with Crippen LogP contribution in [0.2, 0.25) is 0 Å². The summed E-state index contributed by atoms with van der Waals surface area (Å²) < 4.78 is 31.5. The van der Waals surface area contributed by atoms with Gasteiger partial charge in [-0.2, -0.15) is 0 Å². The van der Waals surface area contributed by atoms with Crippen LogP contribution in [0.3, 0.4) is 0 Å². The molecule has 0 bridgehead atoms. The summed E-state index contributed by atoms with van der Waals surface area (Å²) in [5.41, 5.74) is 1.35. The van der Waals surface area contributed by atoms with Crippen molar-refractivity contribution in [1.29, 1.82) is 0 Å². The Bertz CT molecular complexity index is 722. The molecular formula is C14H18N2O4S. The summed E-state index contributed by atoms with van der Waals surface area (Å²) in [4.78, 5) is 0.241. The minimum atomic E-state index is -3.48. The molecule has 0 spiro atoms. The highest BCUT2D eigenvalue weighted by atomic mass is 32.2. The predicted octanol–water partition coefficient (Wildman–Crippen LogP) is 1.60. The van der Waals surface area contributed by atoms with Gasteiger partial charge < -0.3 is 14.8 Å². The molecule has 2 aromatic rings. The Balaban J connectivity index is 2.16. The van der Waals surface area contributed by atoms with Crippen LogP contribution >= 0.6 is 0 Å². The molecule has 0 saturated heterocycles. The van der Waals surface area contributed by atoms with E-state index in [-0.39, 0.29) is 11.5 Å². The van der Waals surface area contributed by atoms with Gasteiger partial charge in [-0.15, -0.1) is 0 Å². The smallest absolute Gasteiger partial charge is 0.240 e. The number of rotatable bonds is 6. The first kappa shape index (κ1) is 15.6. The van der Waals surface area contributed by atoms with Gasteiger partial charge in [0.1, 0.15) is 18.1 Å². The lowest BCUT2D eigenvalue weighted by Crippen LogP contribution is -2.19. The van der Waals surface area contributed by atoms with Crippen molar-refractivity contribution in [1.82, 2.24) is 4.72 Å². The summed E-state index contributed by atoms with van der Waals surface area (Å²) in [6.45, 7) is 2.01. The lowest BCUT2D eigenvalue weighted by Gasteiger charge is -2.10. The van der Waals surface area contributed by atoms with Gasteiger partial charge in [0.2, 0.25) is 10.0 Å². The minimum Gasteiger partial charge on any atom is -0.462 e. The van der Waals surface area contributed by atoms with Crippen LogP contribution in [0.5, 0.6) is 0 Å². The van der Waals surface area contributed by atoms with Crippen LogP contribution in [-0.4, -0.2) is 20.6 Å². The van der Waals surface area contributed by atoms with E-state index in [1.54, 1.807) is 37.3 Å². The summed E-state index contributed by atoms with van der Waals surface area (Å²) in [6.07, 6.45) is 0. The molecule has 7 heteroatoms. The standard InChI is InChI=1S/C14H18N2O4S/c1-10-3-4-11(7-14(10)21(18,19)15-2)16-8-12-5-6-13(9-17)20-12/h3-7,15-17H,8-9H2,1-2H3. The Hall–Kier alpha value is -1.83. The molecule has 21 heavy (non-hydrogen) atoms. The fourth-order valence-corrected chi connectivity index (χ4v) is 2.89. The second-order valence-electron chi connectivity index (χ2n) is 4.57. The zero-order valence-electron chi connectivity index (χ0n) is 11.9. The molecule has 3 N–H and O–H groups in total. The molecule has 6 nitrogen and oxygen atoms in total. The normalized spacial score (nSPS) is 11.6. The number of hydrogen-bond acceptors (Lipinski definition) is 5. The Kier molecular flexibility index (Phi) is 4.66. The van der Waals surface area contributed by atoms with Crippen molar-refractivity contribution in [3.8, 4) is 0 Å². The van der Waals surface area contributed by atoms with Gasteiger partial charge in [-0.1, -0.05) is 6.07 Å². The van der Waals surface area contributed by atoms with Crippen LogP contribution in [0, 0.1) is 6.92 Å². The van der Waals surface area contributed by atoms with Crippen molar-refractivity contribution in [2.45, 2.75) is 25.0 Å². The van der Waals surface area contributed by atoms with Crippen LogP contribution in [0.1, 0.15) is 17.1 Å². The highest BCUT2D eigenvalue weighted by molar-refractivity contribution is 7.89. The lowest BCUT2D eigenvalue weighted by molar-refractivity contribution is 0.244. The van der Waals surface area contributed by atoms with Crippen molar-refractivity contribution in [3.05, 3.63) is 47.4 Å². The molecule has 1 heterocycles. The van der Waals surface area contributed by atoms with Crippen LogP contribution in [0.25, 0.3) is 0 Å². The molecule has 1 aromatic heterocycles. The van der Waals surface area contributed by atoms with Crippen LogP contribution < -0.4 is 10.0 Å². The van der Waals surface area contributed by atoms with E-state index >= 15 is 0 Å². The van der Waals surface area contributed by atoms with Gasteiger partial charge in [0, 0.05) is 5.69 Å². The maximum Gasteiger partial charge on any atom is 0.240 e. The summed E-state index contributed by atoms with van der Waals surface area (Å²) in [5, 5.41) is 12.0. The van der Waals surface area contributed by atoms with Crippen LogP contribution in [0.15, 0.2) is 39.6 Å². The maximum atomic E-state index is 11.9. The quantitative estimate of drug-likeness (QED) is 0.754. The fraction of sp³-hybridized carbons (Fsp3) is 0.286. The topological polar surface area (TPSA) is 91.6 Å². The molecule has 0 radical (unpaired) electrons. The highest BCUT2D eigenvalue weighted by Gasteiger charge is 2.15. The molecule has 1 aromatic carbocycles. The number of hydrogen-bond donors (Lipinski definition) is 3. The number of aliphatic hydroxyl groups is 1. The van der Waals surface area contributed by atoms with E-state index in [9.17, 15) is 8.42 Å². The average Bonchev–Trinajstić information content (AvgIpc) is 2.94. The van der Waals surface area contributed by atoms with Gasteiger partial charge in [-0.3, -0.25) is 0 Å². The Morgan fingerprint density at radius 2 is 1.90 bits per heavy atom. The third kappa shape index (κ3) is 3.63. The van der Waals surface area contributed by atoms with E-state index in [0.717, 1.165) is 0 Å². The summed E-state index contributed by atoms with van der Waals surface area (Å²) in [6, 6.07) is 8.59. The second kappa shape index (κ2) is 6.30. The van der Waals surface area contributed by atoms with Crippen molar-refractivity contribution >= 4 is 15.7 Å². The highest BCUT2D eigenvalue weighted by Crippen LogP contribution is 2.20. The monoisotopic (exact) mass is 310 g/mol. The minimum absolute atomic E-state index is 0.144. The largest absolute Gasteiger partial charge is 0.462 e. The molecule has 0 saturated carbocycles. The number of anilines is 1. The maximum absolute atomic E-state index is 11.9. The number of sulfonamides is 1. The number of aryl methyl sites for hydroxylation is 1. The summed E-state index contributed by atoms with van der Waals surface area (Å²) in [7, 11) is -2.10. The summed E-state index contributed by atoms with van der Waals surface area (Å²) in [5.74, 6) is 1.16. The van der Waals surface area contributed by atoms with Gasteiger partial charge in [0.15, 0.2) is 0 Å². The van der Waals surface area contributed by atoms with E-state index in [1.807, 2.05) is 0 Å². The van der Waals surface area contributed by atoms with Gasteiger partial charge >= 0.3 is 0 Å². The van der Waals surface area contributed by atoms with E-state index in [0.29, 0.717) is 29.3 Å². The molecule has 2 rings (SSSR count). The number of benzene rings is 1. The molecule has 0 amide bonds. The zero-order chi connectivity index (χ0) is 15.5. The molecule has 0 aliphatic carbocycles. The molecule has 114 valence electrons. The van der Waals surface area contributed by atoms with Crippen molar-refractivity contribution < 1.29 is 17.9 Å². The van der Waals surface area contributed by atoms with Gasteiger partial charge in [-0.05, 0) is 43.8 Å². The molecule has 0 fully saturated rings. The second-order valence-corrected chi connectivity index (χ2v) is 6.42. The Morgan fingerprint density at radius 3 is 2.52 bits per heavy atom. The number of furan rings is 1. The first-order valence-electron chi connectivity index (χ1n) is 6.43. The number of nitrogens with one attached hydrogen (secondary N) is 2. The lowest BCUT2D eigenvalue weighted by atomic mass is 10.2. The molecule has 0 atom stereocenters. The fourth-order valence-electron chi connectivity index (χ4n) is 1.90. The average molecular weight is 310 g/mol.